The summed E-state index contributed by atoms with van der Waals surface area (Å²) in [4.78, 5) is 13.4. The first-order valence-electron chi connectivity index (χ1n) is 9.20. The van der Waals surface area contributed by atoms with Gasteiger partial charge in [-0.3, -0.25) is 4.79 Å². The van der Waals surface area contributed by atoms with Crippen LogP contribution in [0, 0.1) is 5.82 Å². The molecular formula is C19H25FN3O4S+. The molecule has 0 unspecified atom stereocenters. The van der Waals surface area contributed by atoms with E-state index in [1.54, 1.807) is 12.3 Å². The van der Waals surface area contributed by atoms with Gasteiger partial charge in [0.1, 0.15) is 16.8 Å². The zero-order valence-electron chi connectivity index (χ0n) is 15.9. The third kappa shape index (κ3) is 4.11. The molecule has 2 atom stereocenters. The lowest BCUT2D eigenvalue weighted by atomic mass is 10.2. The fourth-order valence-corrected chi connectivity index (χ4v) is 5.19. The smallest absolute Gasteiger partial charge is 0.246 e. The highest BCUT2D eigenvalue weighted by Crippen LogP contribution is 2.27. The predicted molar refractivity (Wildman–Crippen MR) is 101 cm³/mol. The van der Waals surface area contributed by atoms with E-state index in [1.165, 1.54) is 18.2 Å². The topological polar surface area (TPSA) is 84.1 Å². The van der Waals surface area contributed by atoms with Crippen molar-refractivity contribution in [3.63, 3.8) is 0 Å². The molecule has 0 bridgehead atoms. The molecule has 0 radical (unpaired) electrons. The quantitative estimate of drug-likeness (QED) is 0.699. The summed E-state index contributed by atoms with van der Waals surface area (Å²) in [6.07, 6.45) is 2.53. The van der Waals surface area contributed by atoms with E-state index in [4.69, 9.17) is 4.42 Å². The molecule has 1 aromatic heterocycles. The van der Waals surface area contributed by atoms with Crippen LogP contribution in [0.3, 0.4) is 0 Å². The van der Waals surface area contributed by atoms with Gasteiger partial charge in [-0.05, 0) is 37.1 Å². The van der Waals surface area contributed by atoms with Crippen molar-refractivity contribution in [1.29, 1.82) is 0 Å². The number of nitrogens with zero attached hydrogens (tertiary/aromatic N) is 1. The van der Waals surface area contributed by atoms with Gasteiger partial charge in [-0.1, -0.05) is 12.1 Å². The van der Waals surface area contributed by atoms with Crippen LogP contribution >= 0.6 is 0 Å². The average molecular weight is 410 g/mol. The number of hydrogen-bond acceptors (Lipinski definition) is 4. The van der Waals surface area contributed by atoms with Crippen molar-refractivity contribution < 1.29 is 26.9 Å². The van der Waals surface area contributed by atoms with Crippen LogP contribution in [0.1, 0.15) is 24.6 Å². The fraction of sp³-hybridized carbons (Fsp3) is 0.421. The van der Waals surface area contributed by atoms with Gasteiger partial charge in [0.05, 0.1) is 26.9 Å². The van der Waals surface area contributed by atoms with Crippen LogP contribution in [-0.2, 0) is 14.8 Å². The number of amides is 1. The van der Waals surface area contributed by atoms with Gasteiger partial charge < -0.3 is 14.6 Å². The third-order valence-electron chi connectivity index (χ3n) is 4.99. The Balaban J connectivity index is 1.74. The van der Waals surface area contributed by atoms with Crippen molar-refractivity contribution in [3.8, 4) is 0 Å². The summed E-state index contributed by atoms with van der Waals surface area (Å²) in [7, 11) is -0.191. The Bertz CT molecular complexity index is 915. The van der Waals surface area contributed by atoms with Crippen molar-refractivity contribution in [1.82, 2.24) is 9.62 Å². The van der Waals surface area contributed by atoms with Gasteiger partial charge in [0.2, 0.25) is 15.9 Å². The van der Waals surface area contributed by atoms with Crippen molar-refractivity contribution in [2.45, 2.75) is 29.8 Å². The van der Waals surface area contributed by atoms with Crippen LogP contribution in [0.15, 0.2) is 52.0 Å². The number of halogens is 1. The lowest BCUT2D eigenvalue weighted by molar-refractivity contribution is -0.891. The first-order chi connectivity index (χ1) is 13.3. The lowest BCUT2D eigenvalue weighted by Gasteiger charge is -2.25. The maximum Gasteiger partial charge on any atom is 0.246 e. The summed E-state index contributed by atoms with van der Waals surface area (Å²) in [6.45, 7) is 0.494. The van der Waals surface area contributed by atoms with Crippen molar-refractivity contribution in [3.05, 3.63) is 54.2 Å². The molecule has 1 aliphatic heterocycles. The van der Waals surface area contributed by atoms with Gasteiger partial charge >= 0.3 is 0 Å². The molecule has 9 heteroatoms. The molecule has 2 N–H and O–H groups in total. The van der Waals surface area contributed by atoms with Crippen molar-refractivity contribution in [2.24, 2.45) is 0 Å². The molecule has 152 valence electrons. The molecule has 1 aliphatic rings. The Kier molecular flexibility index (Phi) is 6.17. The molecule has 7 nitrogen and oxygen atoms in total. The molecule has 1 amide bonds. The number of carbonyl (C=O) groups is 1. The number of rotatable bonds is 7. The molecular weight excluding hydrogens is 385 g/mol. The average Bonchev–Trinajstić information content (AvgIpc) is 3.34. The van der Waals surface area contributed by atoms with Crippen LogP contribution in [0.4, 0.5) is 4.39 Å². The van der Waals surface area contributed by atoms with E-state index in [0.29, 0.717) is 19.4 Å². The van der Waals surface area contributed by atoms with E-state index in [1.807, 2.05) is 20.2 Å². The van der Waals surface area contributed by atoms with E-state index in [-0.39, 0.29) is 18.5 Å². The standard InChI is InChI=1S/C19H24FN3O4S/c1-22(2)16(17-9-6-12-27-17)13-21-19(24)15-8-5-11-23(15)28(25,26)18-10-4-3-7-14(18)20/h3-4,6-7,9-10,12,15-16H,5,8,11,13H2,1-2H3,(H,21,24)/p+1/t15-,16-/m0/s1. The molecule has 1 saturated heterocycles. The van der Waals surface area contributed by atoms with Crippen LogP contribution in [0.2, 0.25) is 0 Å². The van der Waals surface area contributed by atoms with Crippen LogP contribution in [-0.4, -0.2) is 51.9 Å². The summed E-state index contributed by atoms with van der Waals surface area (Å²) in [5, 5.41) is 2.84. The number of hydrogen-bond donors (Lipinski definition) is 2. The van der Waals surface area contributed by atoms with E-state index < -0.39 is 26.8 Å². The van der Waals surface area contributed by atoms with Crippen LogP contribution in [0.25, 0.3) is 0 Å². The maximum absolute atomic E-state index is 14.0. The molecule has 1 aromatic carbocycles. The molecule has 2 heterocycles. The Morgan fingerprint density at radius 1 is 1.32 bits per heavy atom. The second-order valence-electron chi connectivity index (χ2n) is 7.09. The molecule has 1 fully saturated rings. The second-order valence-corrected chi connectivity index (χ2v) is 8.95. The molecule has 3 rings (SSSR count). The van der Waals surface area contributed by atoms with E-state index in [2.05, 4.69) is 5.32 Å². The number of carbonyl (C=O) groups excluding carboxylic acids is 1. The minimum atomic E-state index is -4.09. The van der Waals surface area contributed by atoms with Gasteiger partial charge in [-0.15, -0.1) is 0 Å². The van der Waals surface area contributed by atoms with Crippen LogP contribution < -0.4 is 10.2 Å². The minimum absolute atomic E-state index is 0.100. The van der Waals surface area contributed by atoms with Gasteiger partial charge in [-0.25, -0.2) is 12.8 Å². The first kappa shape index (κ1) is 20.5. The van der Waals surface area contributed by atoms with E-state index in [0.717, 1.165) is 21.0 Å². The lowest BCUT2D eigenvalue weighted by Crippen LogP contribution is -3.07. The second kappa shape index (κ2) is 8.42. The summed E-state index contributed by atoms with van der Waals surface area (Å²) < 4.78 is 46.4. The molecule has 28 heavy (non-hydrogen) atoms. The molecule has 0 spiro atoms. The van der Waals surface area contributed by atoms with Crippen LogP contribution in [0.5, 0.6) is 0 Å². The summed E-state index contributed by atoms with van der Waals surface area (Å²) >= 11 is 0. The highest BCUT2D eigenvalue weighted by Gasteiger charge is 2.40. The van der Waals surface area contributed by atoms with E-state index >= 15 is 0 Å². The third-order valence-corrected chi connectivity index (χ3v) is 6.94. The Hall–Kier alpha value is -2.23. The van der Waals surface area contributed by atoms with E-state index in [9.17, 15) is 17.6 Å². The number of furan rings is 1. The van der Waals surface area contributed by atoms with Crippen molar-refractivity contribution >= 4 is 15.9 Å². The monoisotopic (exact) mass is 410 g/mol. The normalized spacial score (nSPS) is 19.1. The van der Waals surface area contributed by atoms with Gasteiger partial charge in [0.15, 0.2) is 11.8 Å². The summed E-state index contributed by atoms with van der Waals surface area (Å²) in [5.74, 6) is -0.458. The first-order valence-corrected chi connectivity index (χ1v) is 10.6. The Morgan fingerprint density at radius 2 is 2.07 bits per heavy atom. The molecule has 0 aliphatic carbocycles. The maximum atomic E-state index is 14.0. The van der Waals surface area contributed by atoms with Crippen molar-refractivity contribution in [2.75, 3.05) is 27.2 Å². The minimum Gasteiger partial charge on any atom is -0.463 e. The van der Waals surface area contributed by atoms with Gasteiger partial charge in [0.25, 0.3) is 0 Å². The number of nitrogens with one attached hydrogen (secondary N) is 2. The predicted octanol–water partition coefficient (Wildman–Crippen LogP) is 0.574. The summed E-state index contributed by atoms with van der Waals surface area (Å²) in [6, 6.07) is 7.90. The number of benzene rings is 1. The number of quaternary nitrogens is 1. The Labute approximate surface area is 164 Å². The number of likely N-dealkylation sites (N-methyl/N-ethyl adjacent to an activating group) is 1. The zero-order chi connectivity index (χ0) is 20.3. The summed E-state index contributed by atoms with van der Waals surface area (Å²) in [5.41, 5.74) is 0. The van der Waals surface area contributed by atoms with Gasteiger partial charge in [-0.2, -0.15) is 4.31 Å². The highest BCUT2D eigenvalue weighted by molar-refractivity contribution is 7.89. The fourth-order valence-electron chi connectivity index (χ4n) is 3.47. The molecule has 2 aromatic rings. The van der Waals surface area contributed by atoms with Gasteiger partial charge in [0, 0.05) is 6.54 Å². The molecule has 0 saturated carbocycles. The SMILES string of the molecule is C[NH+](C)[C@@H](CNC(=O)[C@@H]1CCCN1S(=O)(=O)c1ccccc1F)c1ccco1. The zero-order valence-corrected chi connectivity index (χ0v) is 16.7. The largest absolute Gasteiger partial charge is 0.463 e. The Morgan fingerprint density at radius 3 is 2.71 bits per heavy atom. The highest BCUT2D eigenvalue weighted by atomic mass is 32.2. The number of sulfonamides is 1.